The second-order valence-corrected chi connectivity index (χ2v) is 8.71. The Balaban J connectivity index is 1.56. The number of hydrogen-bond acceptors (Lipinski definition) is 7. The Morgan fingerprint density at radius 3 is 2.37 bits per heavy atom. The average Bonchev–Trinajstić information content (AvgIpc) is 3.22. The molecule has 5 rings (SSSR count). The molecule has 1 aliphatic rings. The van der Waals surface area contributed by atoms with Crippen molar-refractivity contribution in [2.75, 3.05) is 7.11 Å². The molecule has 1 aliphatic heterocycles. The van der Waals surface area contributed by atoms with Crippen LogP contribution < -0.4 is 9.47 Å². The van der Waals surface area contributed by atoms with Gasteiger partial charge >= 0.3 is 0 Å². The van der Waals surface area contributed by atoms with Crippen LogP contribution in [0.25, 0.3) is 5.76 Å². The molecule has 2 aromatic carbocycles. The highest BCUT2D eigenvalue weighted by atomic mass is 16.5. The number of amides is 1. The van der Waals surface area contributed by atoms with Crippen LogP contribution in [0.5, 0.6) is 11.5 Å². The molecule has 0 aliphatic carbocycles. The van der Waals surface area contributed by atoms with E-state index in [1.165, 1.54) is 24.4 Å². The Morgan fingerprint density at radius 1 is 0.895 bits per heavy atom. The SMILES string of the molecule is COc1cc(C2C(=C(O)c3ccncc3)C(=O)C(=O)N2Cc2cccnc2)ccc1OCc1ccccc1. The smallest absolute Gasteiger partial charge is 0.295 e. The lowest BCUT2D eigenvalue weighted by Crippen LogP contribution is -2.29. The fourth-order valence-electron chi connectivity index (χ4n) is 4.45. The molecule has 1 saturated heterocycles. The Bertz CT molecular complexity index is 1470. The van der Waals surface area contributed by atoms with Gasteiger partial charge in [-0.05, 0) is 47.0 Å². The van der Waals surface area contributed by atoms with E-state index >= 15 is 0 Å². The third-order valence-corrected chi connectivity index (χ3v) is 6.31. The number of nitrogens with zero attached hydrogens (tertiary/aromatic N) is 3. The number of aliphatic hydroxyl groups is 1. The Labute approximate surface area is 219 Å². The monoisotopic (exact) mass is 507 g/mol. The van der Waals surface area contributed by atoms with Gasteiger partial charge < -0.3 is 19.5 Å². The summed E-state index contributed by atoms with van der Waals surface area (Å²) in [5.41, 5.74) is 2.72. The molecule has 8 nitrogen and oxygen atoms in total. The molecule has 3 heterocycles. The fourth-order valence-corrected chi connectivity index (χ4v) is 4.45. The molecular formula is C30H25N3O5. The number of benzene rings is 2. The minimum Gasteiger partial charge on any atom is -0.507 e. The summed E-state index contributed by atoms with van der Waals surface area (Å²) in [7, 11) is 1.53. The van der Waals surface area contributed by atoms with Gasteiger partial charge in [0.2, 0.25) is 0 Å². The van der Waals surface area contributed by atoms with Crippen molar-refractivity contribution in [2.45, 2.75) is 19.2 Å². The lowest BCUT2D eigenvalue weighted by atomic mass is 9.95. The van der Waals surface area contributed by atoms with Crippen molar-refractivity contribution in [3.63, 3.8) is 0 Å². The van der Waals surface area contributed by atoms with Crippen LogP contribution in [-0.4, -0.2) is 38.8 Å². The summed E-state index contributed by atoms with van der Waals surface area (Å²) >= 11 is 0. The lowest BCUT2D eigenvalue weighted by molar-refractivity contribution is -0.140. The van der Waals surface area contributed by atoms with Gasteiger partial charge in [-0.3, -0.25) is 19.6 Å². The first-order valence-corrected chi connectivity index (χ1v) is 12.0. The van der Waals surface area contributed by atoms with Crippen molar-refractivity contribution in [3.8, 4) is 11.5 Å². The zero-order valence-electron chi connectivity index (χ0n) is 20.7. The molecule has 190 valence electrons. The van der Waals surface area contributed by atoms with Gasteiger partial charge in [-0.2, -0.15) is 0 Å². The number of methoxy groups -OCH3 is 1. The van der Waals surface area contributed by atoms with E-state index in [-0.39, 0.29) is 17.9 Å². The third kappa shape index (κ3) is 4.97. The van der Waals surface area contributed by atoms with E-state index in [0.717, 1.165) is 11.1 Å². The number of likely N-dealkylation sites (tertiary alicyclic amines) is 1. The number of carbonyl (C=O) groups excluding carboxylic acids is 2. The maximum absolute atomic E-state index is 13.3. The zero-order chi connectivity index (χ0) is 26.5. The minimum atomic E-state index is -0.861. The highest BCUT2D eigenvalue weighted by Gasteiger charge is 2.46. The van der Waals surface area contributed by atoms with Gasteiger partial charge in [0.1, 0.15) is 12.4 Å². The summed E-state index contributed by atoms with van der Waals surface area (Å²) in [6.07, 6.45) is 6.30. The highest BCUT2D eigenvalue weighted by Crippen LogP contribution is 2.42. The van der Waals surface area contributed by atoms with E-state index in [9.17, 15) is 14.7 Å². The van der Waals surface area contributed by atoms with Crippen LogP contribution in [0, 0.1) is 0 Å². The number of aromatic nitrogens is 2. The number of Topliss-reactive ketones (excluding diaryl/α,β-unsaturated/α-hetero) is 1. The maximum Gasteiger partial charge on any atom is 0.295 e. The van der Waals surface area contributed by atoms with E-state index in [2.05, 4.69) is 9.97 Å². The van der Waals surface area contributed by atoms with E-state index < -0.39 is 17.7 Å². The second kappa shape index (κ2) is 11.0. The molecular weight excluding hydrogens is 482 g/mol. The van der Waals surface area contributed by atoms with Crippen molar-refractivity contribution in [3.05, 3.63) is 125 Å². The van der Waals surface area contributed by atoms with E-state index in [0.29, 0.717) is 29.2 Å². The molecule has 0 spiro atoms. The van der Waals surface area contributed by atoms with Gasteiger partial charge in [-0.25, -0.2) is 0 Å². The van der Waals surface area contributed by atoms with Crippen molar-refractivity contribution in [2.24, 2.45) is 0 Å². The number of aliphatic hydroxyl groups excluding tert-OH is 1. The molecule has 0 saturated carbocycles. The number of pyridine rings is 2. The molecule has 0 radical (unpaired) electrons. The summed E-state index contributed by atoms with van der Waals surface area (Å²) in [6.45, 7) is 0.475. The van der Waals surface area contributed by atoms with Gasteiger partial charge in [-0.1, -0.05) is 42.5 Å². The standard InChI is InChI=1S/C30H25N3O5/c1-37-25-16-23(9-10-24(25)38-19-20-6-3-2-4-7-20)27-26(28(34)22-11-14-31-15-12-22)29(35)30(36)33(27)18-21-8-5-13-32-17-21/h2-17,27,34H,18-19H2,1H3. The van der Waals surface area contributed by atoms with Crippen LogP contribution in [0.4, 0.5) is 0 Å². The van der Waals surface area contributed by atoms with Crippen molar-refractivity contribution in [1.29, 1.82) is 0 Å². The number of rotatable bonds is 8. The molecule has 8 heteroatoms. The molecule has 1 unspecified atom stereocenters. The van der Waals surface area contributed by atoms with Crippen molar-refractivity contribution < 1.29 is 24.2 Å². The van der Waals surface area contributed by atoms with Crippen LogP contribution >= 0.6 is 0 Å². The Hall–Kier alpha value is -4.98. The average molecular weight is 508 g/mol. The third-order valence-electron chi connectivity index (χ3n) is 6.31. The fraction of sp³-hybridized carbons (Fsp3) is 0.133. The first kappa shape index (κ1) is 24.7. The molecule has 1 fully saturated rings. The molecule has 4 aromatic rings. The molecule has 1 atom stereocenters. The number of carbonyl (C=O) groups is 2. The van der Waals surface area contributed by atoms with Crippen LogP contribution in [0.15, 0.2) is 103 Å². The normalized spacial score (nSPS) is 16.4. The van der Waals surface area contributed by atoms with E-state index in [1.807, 2.05) is 36.4 Å². The topological polar surface area (TPSA) is 102 Å². The summed E-state index contributed by atoms with van der Waals surface area (Å²) in [4.78, 5) is 36.1. The number of ketones is 1. The first-order chi connectivity index (χ1) is 18.6. The maximum atomic E-state index is 13.3. The van der Waals surface area contributed by atoms with Crippen LogP contribution in [0.2, 0.25) is 0 Å². The number of ether oxygens (including phenoxy) is 2. The zero-order valence-corrected chi connectivity index (χ0v) is 20.7. The summed E-state index contributed by atoms with van der Waals surface area (Å²) in [5.74, 6) is -0.796. The molecule has 0 bridgehead atoms. The second-order valence-electron chi connectivity index (χ2n) is 8.71. The van der Waals surface area contributed by atoms with Crippen LogP contribution in [-0.2, 0) is 22.7 Å². The Kier molecular flexibility index (Phi) is 7.13. The van der Waals surface area contributed by atoms with E-state index in [4.69, 9.17) is 9.47 Å². The van der Waals surface area contributed by atoms with Gasteiger partial charge in [-0.15, -0.1) is 0 Å². The van der Waals surface area contributed by atoms with Gasteiger partial charge in [0.05, 0.1) is 18.7 Å². The van der Waals surface area contributed by atoms with Gasteiger partial charge in [0.15, 0.2) is 11.5 Å². The van der Waals surface area contributed by atoms with E-state index in [1.54, 1.807) is 48.8 Å². The van der Waals surface area contributed by atoms with Gasteiger partial charge in [0.25, 0.3) is 11.7 Å². The largest absolute Gasteiger partial charge is 0.507 e. The summed E-state index contributed by atoms with van der Waals surface area (Å²) < 4.78 is 11.6. The van der Waals surface area contributed by atoms with Crippen molar-refractivity contribution in [1.82, 2.24) is 14.9 Å². The first-order valence-electron chi connectivity index (χ1n) is 12.0. The van der Waals surface area contributed by atoms with Gasteiger partial charge in [0, 0.05) is 36.9 Å². The summed E-state index contributed by atoms with van der Waals surface area (Å²) in [6, 6.07) is 20.9. The quantitative estimate of drug-likeness (QED) is 0.210. The predicted octanol–water partition coefficient (Wildman–Crippen LogP) is 4.69. The lowest BCUT2D eigenvalue weighted by Gasteiger charge is -2.26. The molecule has 1 amide bonds. The summed E-state index contributed by atoms with van der Waals surface area (Å²) in [5, 5.41) is 11.2. The Morgan fingerprint density at radius 2 is 1.66 bits per heavy atom. The highest BCUT2D eigenvalue weighted by molar-refractivity contribution is 6.46. The predicted molar refractivity (Wildman–Crippen MR) is 140 cm³/mol. The molecule has 38 heavy (non-hydrogen) atoms. The van der Waals surface area contributed by atoms with Crippen LogP contribution in [0.1, 0.15) is 28.3 Å². The number of hydrogen-bond donors (Lipinski definition) is 1. The van der Waals surface area contributed by atoms with Crippen molar-refractivity contribution >= 4 is 17.4 Å². The molecule has 2 aromatic heterocycles. The molecule has 1 N–H and O–H groups in total. The minimum absolute atomic E-state index is 0.00917. The van der Waals surface area contributed by atoms with Crippen LogP contribution in [0.3, 0.4) is 0 Å².